The van der Waals surface area contributed by atoms with Gasteiger partial charge >= 0.3 is 0 Å². The van der Waals surface area contributed by atoms with Crippen LogP contribution >= 0.6 is 0 Å². The van der Waals surface area contributed by atoms with Gasteiger partial charge in [-0.05, 0) is 124 Å². The lowest BCUT2D eigenvalue weighted by Crippen LogP contribution is -2.50. The second-order valence-corrected chi connectivity index (χ2v) is 11.9. The standard InChI is InChI=1S/C28H46O/c1-19(21(3)29)9-8-10-20(2)24-14-15-25-23-13-12-22-11-6-7-17-27(22,4)26(23)16-18-28(24,25)5/h9,12,20-21,23-26,29H,6-8,10-11,13-18H2,1-5H3/t20-,21?,23+,24-,25+,26+,27+,28-/m1/s1. The van der Waals surface area contributed by atoms with Crippen LogP contribution in [0.3, 0.4) is 0 Å². The van der Waals surface area contributed by atoms with Crippen LogP contribution in [0, 0.1) is 40.4 Å². The first-order chi connectivity index (χ1) is 13.8. The lowest BCUT2D eigenvalue weighted by Gasteiger charge is -2.58. The molecule has 3 fully saturated rings. The molecule has 0 aromatic carbocycles. The molecule has 0 aliphatic heterocycles. The van der Waals surface area contributed by atoms with Gasteiger partial charge in [0.15, 0.2) is 0 Å². The number of rotatable bonds is 5. The van der Waals surface area contributed by atoms with Crippen LogP contribution in [-0.4, -0.2) is 11.2 Å². The highest BCUT2D eigenvalue weighted by Crippen LogP contribution is 2.67. The third-order valence-electron chi connectivity index (χ3n) is 10.5. The Bertz CT molecular complexity index is 657. The molecule has 0 aromatic rings. The number of fused-ring (bicyclic) bond motifs is 5. The highest BCUT2D eigenvalue weighted by atomic mass is 16.3. The summed E-state index contributed by atoms with van der Waals surface area (Å²) in [4.78, 5) is 0. The first-order valence-electron chi connectivity index (χ1n) is 12.8. The maximum atomic E-state index is 9.73. The Kier molecular flexibility index (Phi) is 6.11. The minimum Gasteiger partial charge on any atom is -0.389 e. The summed E-state index contributed by atoms with van der Waals surface area (Å²) in [5.41, 5.74) is 4.09. The highest BCUT2D eigenvalue weighted by Gasteiger charge is 2.58. The van der Waals surface area contributed by atoms with Gasteiger partial charge in [0.25, 0.3) is 0 Å². The Morgan fingerprint density at radius 3 is 2.69 bits per heavy atom. The normalized spacial score (nSPS) is 44.3. The van der Waals surface area contributed by atoms with Gasteiger partial charge in [-0.15, -0.1) is 0 Å². The predicted molar refractivity (Wildman–Crippen MR) is 124 cm³/mol. The molecule has 0 amide bonds. The van der Waals surface area contributed by atoms with Crippen molar-refractivity contribution in [1.29, 1.82) is 0 Å². The number of hydrogen-bond acceptors (Lipinski definition) is 1. The molecule has 4 aliphatic rings. The van der Waals surface area contributed by atoms with Gasteiger partial charge in [0, 0.05) is 0 Å². The van der Waals surface area contributed by atoms with Gasteiger partial charge < -0.3 is 5.11 Å². The Morgan fingerprint density at radius 2 is 1.93 bits per heavy atom. The fourth-order valence-electron chi connectivity index (χ4n) is 8.62. The van der Waals surface area contributed by atoms with Gasteiger partial charge in [-0.2, -0.15) is 0 Å². The van der Waals surface area contributed by atoms with Crippen molar-refractivity contribution in [2.45, 2.75) is 111 Å². The minimum absolute atomic E-state index is 0.292. The zero-order valence-electron chi connectivity index (χ0n) is 19.8. The van der Waals surface area contributed by atoms with Crippen LogP contribution in [0.15, 0.2) is 23.3 Å². The third-order valence-corrected chi connectivity index (χ3v) is 10.5. The van der Waals surface area contributed by atoms with E-state index in [0.29, 0.717) is 10.8 Å². The molecule has 0 heterocycles. The Labute approximate surface area is 180 Å². The molecule has 1 nitrogen and oxygen atoms in total. The second kappa shape index (κ2) is 8.18. The molecule has 3 saturated carbocycles. The smallest absolute Gasteiger partial charge is 0.0719 e. The van der Waals surface area contributed by atoms with Gasteiger partial charge in [-0.1, -0.05) is 44.9 Å². The molecule has 0 bridgehead atoms. The van der Waals surface area contributed by atoms with Crippen LogP contribution in [-0.2, 0) is 0 Å². The minimum atomic E-state index is -0.292. The van der Waals surface area contributed by atoms with Crippen LogP contribution in [0.4, 0.5) is 0 Å². The summed E-state index contributed by atoms with van der Waals surface area (Å²) in [5, 5.41) is 9.73. The van der Waals surface area contributed by atoms with Gasteiger partial charge in [0.05, 0.1) is 6.10 Å². The third kappa shape index (κ3) is 3.68. The summed E-state index contributed by atoms with van der Waals surface area (Å²) in [5.74, 6) is 4.58. The van der Waals surface area contributed by atoms with Gasteiger partial charge in [-0.25, -0.2) is 0 Å². The van der Waals surface area contributed by atoms with E-state index < -0.39 is 0 Å². The SMILES string of the molecule is CC(=CCC[C@@H](C)[C@H]1CC[C@H]2[C@@H]3CC=C4CCCC[C@]4(C)[C@H]3CC[C@]12C)C(C)O. The highest BCUT2D eigenvalue weighted by molar-refractivity contribution is 5.24. The lowest BCUT2D eigenvalue weighted by atomic mass is 9.47. The van der Waals surface area contributed by atoms with Crippen molar-refractivity contribution in [1.82, 2.24) is 0 Å². The van der Waals surface area contributed by atoms with Crippen LogP contribution in [0.25, 0.3) is 0 Å². The molecular weight excluding hydrogens is 352 g/mol. The van der Waals surface area contributed by atoms with Crippen molar-refractivity contribution in [3.05, 3.63) is 23.3 Å². The molecule has 4 rings (SSSR count). The van der Waals surface area contributed by atoms with Crippen molar-refractivity contribution in [3.63, 3.8) is 0 Å². The molecular formula is C28H46O. The van der Waals surface area contributed by atoms with E-state index in [1.807, 2.05) is 12.5 Å². The first kappa shape index (κ1) is 21.7. The number of aliphatic hydroxyl groups is 1. The zero-order valence-corrected chi connectivity index (χ0v) is 19.8. The molecule has 0 spiro atoms. The van der Waals surface area contributed by atoms with E-state index in [4.69, 9.17) is 0 Å². The quantitative estimate of drug-likeness (QED) is 0.470. The summed E-state index contributed by atoms with van der Waals surface area (Å²) < 4.78 is 0. The largest absolute Gasteiger partial charge is 0.389 e. The van der Waals surface area contributed by atoms with E-state index in [2.05, 4.69) is 39.8 Å². The van der Waals surface area contributed by atoms with Crippen molar-refractivity contribution >= 4 is 0 Å². The van der Waals surface area contributed by atoms with Gasteiger partial charge in [0.1, 0.15) is 0 Å². The Morgan fingerprint density at radius 1 is 1.14 bits per heavy atom. The monoisotopic (exact) mass is 398 g/mol. The average Bonchev–Trinajstić information content (AvgIpc) is 3.04. The molecule has 1 heteroatoms. The van der Waals surface area contributed by atoms with Gasteiger partial charge in [-0.3, -0.25) is 0 Å². The van der Waals surface area contributed by atoms with Crippen LogP contribution < -0.4 is 0 Å². The Balaban J connectivity index is 1.46. The van der Waals surface area contributed by atoms with Crippen LogP contribution in [0.5, 0.6) is 0 Å². The predicted octanol–water partition coefficient (Wildman–Crippen LogP) is 7.70. The second-order valence-electron chi connectivity index (χ2n) is 11.9. The summed E-state index contributed by atoms with van der Waals surface area (Å²) in [7, 11) is 0. The van der Waals surface area contributed by atoms with Crippen molar-refractivity contribution in [3.8, 4) is 0 Å². The molecule has 0 aromatic heterocycles. The average molecular weight is 399 g/mol. The summed E-state index contributed by atoms with van der Waals surface area (Å²) >= 11 is 0. The molecule has 0 saturated heterocycles. The van der Waals surface area contributed by atoms with E-state index in [1.165, 1.54) is 64.2 Å². The summed E-state index contributed by atoms with van der Waals surface area (Å²) in [6.45, 7) is 11.8. The maximum absolute atomic E-state index is 9.73. The molecule has 0 radical (unpaired) electrons. The van der Waals surface area contributed by atoms with E-state index in [-0.39, 0.29) is 6.10 Å². The van der Waals surface area contributed by atoms with Gasteiger partial charge in [0.2, 0.25) is 0 Å². The van der Waals surface area contributed by atoms with Crippen LogP contribution in [0.2, 0.25) is 0 Å². The fraction of sp³-hybridized carbons (Fsp3) is 0.857. The number of hydrogen-bond donors (Lipinski definition) is 1. The molecule has 1 unspecified atom stereocenters. The van der Waals surface area contributed by atoms with Crippen molar-refractivity contribution < 1.29 is 5.11 Å². The van der Waals surface area contributed by atoms with E-state index in [1.54, 1.807) is 0 Å². The molecule has 1 N–H and O–H groups in total. The maximum Gasteiger partial charge on any atom is 0.0719 e. The Hall–Kier alpha value is -0.560. The number of allylic oxidation sites excluding steroid dienone is 3. The zero-order chi connectivity index (χ0) is 20.8. The van der Waals surface area contributed by atoms with Crippen molar-refractivity contribution in [2.24, 2.45) is 40.4 Å². The molecule has 164 valence electrons. The van der Waals surface area contributed by atoms with E-state index in [9.17, 15) is 5.11 Å². The van der Waals surface area contributed by atoms with E-state index in [0.717, 1.165) is 41.6 Å². The number of aliphatic hydroxyl groups excluding tert-OH is 1. The van der Waals surface area contributed by atoms with E-state index >= 15 is 0 Å². The summed E-state index contributed by atoms with van der Waals surface area (Å²) in [6.07, 6.45) is 20.1. The molecule has 29 heavy (non-hydrogen) atoms. The van der Waals surface area contributed by atoms with Crippen LogP contribution in [0.1, 0.15) is 105 Å². The fourth-order valence-corrected chi connectivity index (χ4v) is 8.62. The molecule has 4 aliphatic carbocycles. The van der Waals surface area contributed by atoms with Crippen molar-refractivity contribution in [2.75, 3.05) is 0 Å². The topological polar surface area (TPSA) is 20.2 Å². The summed E-state index contributed by atoms with van der Waals surface area (Å²) in [6, 6.07) is 0. The molecule has 8 atom stereocenters. The lowest BCUT2D eigenvalue weighted by molar-refractivity contribution is -0.0498. The first-order valence-corrected chi connectivity index (χ1v) is 12.8.